The number of nitrogens with one attached hydrogen (secondary N) is 1. The highest BCUT2D eigenvalue weighted by atomic mass is 16.7. The van der Waals surface area contributed by atoms with Gasteiger partial charge in [-0.3, -0.25) is 9.59 Å². The van der Waals surface area contributed by atoms with E-state index in [0.29, 0.717) is 24.8 Å². The van der Waals surface area contributed by atoms with E-state index >= 15 is 0 Å². The van der Waals surface area contributed by atoms with Crippen LogP contribution in [-0.2, 0) is 35.0 Å². The van der Waals surface area contributed by atoms with Crippen molar-refractivity contribution in [1.82, 2.24) is 5.32 Å². The third-order valence-corrected chi connectivity index (χ3v) is 6.27. The van der Waals surface area contributed by atoms with Gasteiger partial charge in [-0.1, -0.05) is 53.0 Å². The predicted molar refractivity (Wildman–Crippen MR) is 152 cm³/mol. The molecule has 0 saturated heterocycles. The Labute approximate surface area is 243 Å². The summed E-state index contributed by atoms with van der Waals surface area (Å²) in [6.45, 7) is 11.7. The van der Waals surface area contributed by atoms with Crippen molar-refractivity contribution in [2.75, 3.05) is 20.3 Å². The molecular formula is C30H47NO10. The van der Waals surface area contributed by atoms with Crippen molar-refractivity contribution >= 4 is 24.2 Å². The zero-order valence-corrected chi connectivity index (χ0v) is 25.5. The molecule has 1 N–H and O–H groups in total. The highest BCUT2D eigenvalue weighted by molar-refractivity contribution is 5.76. The van der Waals surface area contributed by atoms with E-state index in [1.165, 1.54) is 19.2 Å². The summed E-state index contributed by atoms with van der Waals surface area (Å²) in [4.78, 5) is 49.2. The van der Waals surface area contributed by atoms with Crippen molar-refractivity contribution in [3.8, 4) is 11.5 Å². The molecule has 0 amide bonds. The molecular weight excluding hydrogens is 534 g/mol. The molecule has 232 valence electrons. The molecule has 0 aliphatic carbocycles. The first-order valence-electron chi connectivity index (χ1n) is 14.4. The van der Waals surface area contributed by atoms with Gasteiger partial charge in [0, 0.05) is 13.0 Å². The van der Waals surface area contributed by atoms with Gasteiger partial charge in [0.05, 0.1) is 7.11 Å². The van der Waals surface area contributed by atoms with Crippen LogP contribution in [0.15, 0.2) is 18.2 Å². The smallest absolute Gasteiger partial charge is 0.468 e. The summed E-state index contributed by atoms with van der Waals surface area (Å²) < 4.78 is 31.4. The van der Waals surface area contributed by atoms with Crippen LogP contribution in [0.4, 0.5) is 9.59 Å². The number of carbonyl (C=O) groups excluding carboxylic acids is 4. The second-order valence-corrected chi connectivity index (χ2v) is 10.1. The van der Waals surface area contributed by atoms with E-state index in [-0.39, 0.29) is 55.2 Å². The Bertz CT molecular complexity index is 967. The van der Waals surface area contributed by atoms with Gasteiger partial charge in [-0.05, 0) is 56.7 Å². The first kappa shape index (κ1) is 35.7. The summed E-state index contributed by atoms with van der Waals surface area (Å²) in [5.74, 6) is -0.705. The Morgan fingerprint density at radius 3 is 1.98 bits per heavy atom. The molecule has 11 heteroatoms. The fraction of sp³-hybridized carbons (Fsp3) is 0.667. The number of carbonyl (C=O) groups is 4. The zero-order chi connectivity index (χ0) is 30.8. The first-order valence-corrected chi connectivity index (χ1v) is 14.4. The second kappa shape index (κ2) is 19.7. The van der Waals surface area contributed by atoms with Crippen LogP contribution in [0.5, 0.6) is 11.5 Å². The molecule has 0 heterocycles. The molecule has 0 fully saturated rings. The number of hydrogen-bond donors (Lipinski definition) is 1. The lowest BCUT2D eigenvalue weighted by molar-refractivity contribution is -0.144. The zero-order valence-electron chi connectivity index (χ0n) is 25.5. The van der Waals surface area contributed by atoms with Crippen LogP contribution in [0.3, 0.4) is 0 Å². The number of hydrogen-bond acceptors (Lipinski definition) is 11. The molecule has 0 aromatic heterocycles. The predicted octanol–water partition coefficient (Wildman–Crippen LogP) is 5.75. The lowest BCUT2D eigenvalue weighted by Crippen LogP contribution is -2.41. The van der Waals surface area contributed by atoms with E-state index in [2.05, 4.69) is 5.32 Å². The minimum atomic E-state index is -0.956. The minimum Gasteiger partial charge on any atom is -0.468 e. The van der Waals surface area contributed by atoms with Crippen molar-refractivity contribution in [2.24, 2.45) is 5.92 Å². The average Bonchev–Trinajstić information content (AvgIpc) is 2.91. The third-order valence-electron chi connectivity index (χ3n) is 6.27. The molecule has 1 aromatic rings. The fourth-order valence-electron chi connectivity index (χ4n) is 3.83. The van der Waals surface area contributed by atoms with Crippen molar-refractivity contribution in [3.63, 3.8) is 0 Å². The maximum atomic E-state index is 12.5. The molecule has 0 bridgehead atoms. The molecule has 0 spiro atoms. The normalized spacial score (nSPS) is 13.7. The average molecular weight is 582 g/mol. The van der Waals surface area contributed by atoms with Gasteiger partial charge in [-0.15, -0.1) is 0 Å². The SMILES string of the molecule is CCCC(C)OC(=O)Oc1ccc(C[C@H](NCCOC(=O)CC(C)CC)C(=O)OC)cc1OC(=O)OC(C)CCC. The van der Waals surface area contributed by atoms with E-state index in [1.54, 1.807) is 19.9 Å². The molecule has 1 rings (SSSR count). The van der Waals surface area contributed by atoms with Crippen LogP contribution in [-0.4, -0.2) is 62.8 Å². The Morgan fingerprint density at radius 1 is 0.854 bits per heavy atom. The summed E-state index contributed by atoms with van der Waals surface area (Å²) in [6.07, 6.45) is 1.70. The summed E-state index contributed by atoms with van der Waals surface area (Å²) in [5.41, 5.74) is 0.575. The summed E-state index contributed by atoms with van der Waals surface area (Å²) in [7, 11) is 1.27. The number of benzene rings is 1. The van der Waals surface area contributed by atoms with Crippen molar-refractivity contribution < 1.29 is 47.6 Å². The largest absolute Gasteiger partial charge is 0.514 e. The Hall–Kier alpha value is -3.34. The van der Waals surface area contributed by atoms with Gasteiger partial charge >= 0.3 is 24.2 Å². The summed E-state index contributed by atoms with van der Waals surface area (Å²) in [5, 5.41) is 3.03. The van der Waals surface area contributed by atoms with Gasteiger partial charge in [0.2, 0.25) is 0 Å². The van der Waals surface area contributed by atoms with Crippen LogP contribution < -0.4 is 14.8 Å². The summed E-state index contributed by atoms with van der Waals surface area (Å²) in [6, 6.07) is 3.77. The standard InChI is InChI=1S/C30H47NO10/c1-8-11-21(5)38-29(34)40-25-14-13-23(19-26(25)41-30(35)39-22(6)12-9-2)18-24(28(33)36-7)31-15-16-37-27(32)17-20(4)10-3/h13-14,19-22,24,31H,8-12,15-18H2,1-7H3/t20?,21?,22?,24-/m0/s1. The lowest BCUT2D eigenvalue weighted by Gasteiger charge is -2.19. The highest BCUT2D eigenvalue weighted by Crippen LogP contribution is 2.30. The number of ether oxygens (including phenoxy) is 6. The van der Waals surface area contributed by atoms with Crippen LogP contribution in [0, 0.1) is 5.92 Å². The molecule has 4 atom stereocenters. The second-order valence-electron chi connectivity index (χ2n) is 10.1. The maximum Gasteiger partial charge on any atom is 0.514 e. The number of esters is 2. The van der Waals surface area contributed by atoms with E-state index < -0.39 is 24.3 Å². The van der Waals surface area contributed by atoms with E-state index in [1.807, 2.05) is 27.7 Å². The van der Waals surface area contributed by atoms with Gasteiger partial charge in [-0.2, -0.15) is 0 Å². The molecule has 1 aromatic carbocycles. The Morgan fingerprint density at radius 2 is 1.44 bits per heavy atom. The molecule has 11 nitrogen and oxygen atoms in total. The van der Waals surface area contributed by atoms with Gasteiger partial charge in [0.15, 0.2) is 11.5 Å². The van der Waals surface area contributed by atoms with Crippen LogP contribution >= 0.6 is 0 Å². The lowest BCUT2D eigenvalue weighted by atomic mass is 10.1. The topological polar surface area (TPSA) is 136 Å². The van der Waals surface area contributed by atoms with E-state index in [4.69, 9.17) is 28.4 Å². The van der Waals surface area contributed by atoms with Crippen molar-refractivity contribution in [3.05, 3.63) is 23.8 Å². The van der Waals surface area contributed by atoms with Gasteiger partial charge in [-0.25, -0.2) is 9.59 Å². The molecule has 0 aliphatic heterocycles. The Balaban J connectivity index is 3.02. The monoisotopic (exact) mass is 581 g/mol. The highest BCUT2D eigenvalue weighted by Gasteiger charge is 2.23. The van der Waals surface area contributed by atoms with Gasteiger partial charge in [0.25, 0.3) is 0 Å². The fourth-order valence-corrected chi connectivity index (χ4v) is 3.83. The van der Waals surface area contributed by atoms with Crippen LogP contribution in [0.25, 0.3) is 0 Å². The van der Waals surface area contributed by atoms with Crippen molar-refractivity contribution in [2.45, 2.75) is 105 Å². The molecule has 0 radical (unpaired) electrons. The molecule has 41 heavy (non-hydrogen) atoms. The molecule has 0 aliphatic rings. The van der Waals surface area contributed by atoms with Crippen LogP contribution in [0.1, 0.15) is 85.6 Å². The minimum absolute atomic E-state index is 0.0432. The molecule has 3 unspecified atom stereocenters. The summed E-state index contributed by atoms with van der Waals surface area (Å²) >= 11 is 0. The van der Waals surface area contributed by atoms with Crippen LogP contribution in [0.2, 0.25) is 0 Å². The van der Waals surface area contributed by atoms with Gasteiger partial charge < -0.3 is 33.7 Å². The molecule has 0 saturated carbocycles. The number of rotatable bonds is 18. The Kier molecular flexibility index (Phi) is 17.1. The van der Waals surface area contributed by atoms with Gasteiger partial charge in [0.1, 0.15) is 24.9 Å². The number of methoxy groups -OCH3 is 1. The maximum absolute atomic E-state index is 12.5. The van der Waals surface area contributed by atoms with E-state index in [9.17, 15) is 19.2 Å². The van der Waals surface area contributed by atoms with E-state index in [0.717, 1.165) is 19.3 Å². The van der Waals surface area contributed by atoms with Crippen molar-refractivity contribution in [1.29, 1.82) is 0 Å². The quantitative estimate of drug-likeness (QED) is 0.0982. The first-order chi connectivity index (χ1) is 19.5. The third kappa shape index (κ3) is 14.7.